The average molecular weight is 263 g/mol. The fourth-order valence-electron chi connectivity index (χ4n) is 2.48. The van der Waals surface area contributed by atoms with Gasteiger partial charge >= 0.3 is 5.97 Å². The van der Waals surface area contributed by atoms with E-state index in [1.807, 2.05) is 12.1 Å². The summed E-state index contributed by atoms with van der Waals surface area (Å²) < 4.78 is 9.94. The van der Waals surface area contributed by atoms with Crippen molar-refractivity contribution < 1.29 is 14.3 Å². The molecule has 0 spiro atoms. The lowest BCUT2D eigenvalue weighted by molar-refractivity contribution is -0.147. The molecular weight excluding hydrogens is 242 g/mol. The summed E-state index contributed by atoms with van der Waals surface area (Å²) in [5.41, 5.74) is 1.28. The van der Waals surface area contributed by atoms with Gasteiger partial charge in [0.1, 0.15) is 5.75 Å². The van der Waals surface area contributed by atoms with E-state index in [0.717, 1.165) is 38.2 Å². The van der Waals surface area contributed by atoms with Gasteiger partial charge in [0.05, 0.1) is 20.1 Å². The highest BCUT2D eigenvalue weighted by molar-refractivity contribution is 5.72. The number of nitrogens with zero attached hydrogens (tertiary/aromatic N) is 1. The molecule has 104 valence electrons. The summed E-state index contributed by atoms with van der Waals surface area (Å²) in [7, 11) is 3.14. The van der Waals surface area contributed by atoms with Crippen LogP contribution in [0.15, 0.2) is 24.3 Å². The number of benzene rings is 1. The van der Waals surface area contributed by atoms with Crippen molar-refractivity contribution in [2.45, 2.75) is 19.4 Å². The molecule has 2 rings (SSSR count). The molecule has 0 atom stereocenters. The van der Waals surface area contributed by atoms with Gasteiger partial charge in [-0.25, -0.2) is 0 Å². The van der Waals surface area contributed by atoms with Gasteiger partial charge in [-0.1, -0.05) is 12.1 Å². The first-order valence-electron chi connectivity index (χ1n) is 6.66. The minimum Gasteiger partial charge on any atom is -0.497 e. The van der Waals surface area contributed by atoms with E-state index in [0.29, 0.717) is 0 Å². The molecule has 0 radical (unpaired) electrons. The minimum absolute atomic E-state index is 0.0657. The topological polar surface area (TPSA) is 38.8 Å². The first-order valence-corrected chi connectivity index (χ1v) is 6.66. The number of carbonyl (C=O) groups is 1. The monoisotopic (exact) mass is 263 g/mol. The standard InChI is InChI=1S/C15H21NO3/c1-18-14-5-3-12(4-6-14)11-16-9-7-13(8-10-16)15(17)19-2/h3-6,13H,7-11H2,1-2H3. The highest BCUT2D eigenvalue weighted by atomic mass is 16.5. The number of ether oxygens (including phenoxy) is 2. The van der Waals surface area contributed by atoms with Gasteiger partial charge in [0.25, 0.3) is 0 Å². The van der Waals surface area contributed by atoms with Crippen molar-refractivity contribution in [2.75, 3.05) is 27.3 Å². The van der Waals surface area contributed by atoms with E-state index in [1.165, 1.54) is 12.7 Å². The number of carbonyl (C=O) groups excluding carboxylic acids is 1. The maximum atomic E-state index is 11.4. The summed E-state index contributed by atoms with van der Waals surface area (Å²) in [6.45, 7) is 2.83. The van der Waals surface area contributed by atoms with Crippen molar-refractivity contribution in [1.82, 2.24) is 4.90 Å². The van der Waals surface area contributed by atoms with Gasteiger partial charge < -0.3 is 9.47 Å². The Kier molecular flexibility index (Phi) is 4.80. The lowest BCUT2D eigenvalue weighted by Crippen LogP contribution is -2.36. The highest BCUT2D eigenvalue weighted by Gasteiger charge is 2.25. The molecule has 19 heavy (non-hydrogen) atoms. The summed E-state index contributed by atoms with van der Waals surface area (Å²) in [5, 5.41) is 0. The summed E-state index contributed by atoms with van der Waals surface area (Å²) in [6.07, 6.45) is 1.78. The summed E-state index contributed by atoms with van der Waals surface area (Å²) in [5.74, 6) is 0.898. The van der Waals surface area contributed by atoms with E-state index >= 15 is 0 Å². The maximum absolute atomic E-state index is 11.4. The van der Waals surface area contributed by atoms with E-state index in [1.54, 1.807) is 7.11 Å². The largest absolute Gasteiger partial charge is 0.497 e. The summed E-state index contributed by atoms with van der Waals surface area (Å²) in [4.78, 5) is 13.8. The molecule has 0 saturated carbocycles. The van der Waals surface area contributed by atoms with E-state index in [2.05, 4.69) is 17.0 Å². The van der Waals surface area contributed by atoms with Crippen molar-refractivity contribution >= 4 is 5.97 Å². The second kappa shape index (κ2) is 6.57. The minimum atomic E-state index is -0.0657. The fourth-order valence-corrected chi connectivity index (χ4v) is 2.48. The molecule has 0 aromatic heterocycles. The lowest BCUT2D eigenvalue weighted by Gasteiger charge is -2.30. The Hall–Kier alpha value is -1.55. The summed E-state index contributed by atoms with van der Waals surface area (Å²) >= 11 is 0. The van der Waals surface area contributed by atoms with Crippen LogP contribution in [0.5, 0.6) is 5.75 Å². The van der Waals surface area contributed by atoms with Crippen molar-refractivity contribution in [3.63, 3.8) is 0 Å². The van der Waals surface area contributed by atoms with Crippen LogP contribution in [0.25, 0.3) is 0 Å². The molecule has 1 saturated heterocycles. The molecule has 0 bridgehead atoms. The van der Waals surface area contributed by atoms with Gasteiger partial charge in [0.15, 0.2) is 0 Å². The van der Waals surface area contributed by atoms with Gasteiger partial charge in [0, 0.05) is 6.54 Å². The fraction of sp³-hybridized carbons (Fsp3) is 0.533. The molecule has 0 N–H and O–H groups in total. The smallest absolute Gasteiger partial charge is 0.308 e. The van der Waals surface area contributed by atoms with E-state index in [-0.39, 0.29) is 11.9 Å². The van der Waals surface area contributed by atoms with Crippen LogP contribution >= 0.6 is 0 Å². The van der Waals surface area contributed by atoms with Crippen LogP contribution in [0.4, 0.5) is 0 Å². The van der Waals surface area contributed by atoms with Crippen LogP contribution < -0.4 is 4.74 Å². The number of methoxy groups -OCH3 is 2. The maximum Gasteiger partial charge on any atom is 0.308 e. The molecule has 4 heteroatoms. The Morgan fingerprint density at radius 2 is 1.84 bits per heavy atom. The van der Waals surface area contributed by atoms with Crippen molar-refractivity contribution in [1.29, 1.82) is 0 Å². The van der Waals surface area contributed by atoms with E-state index in [4.69, 9.17) is 9.47 Å². The van der Waals surface area contributed by atoms with Gasteiger partial charge in [-0.05, 0) is 43.6 Å². The van der Waals surface area contributed by atoms with Gasteiger partial charge in [-0.2, -0.15) is 0 Å². The molecule has 4 nitrogen and oxygen atoms in total. The lowest BCUT2D eigenvalue weighted by atomic mass is 9.96. The predicted molar refractivity (Wildman–Crippen MR) is 73.0 cm³/mol. The highest BCUT2D eigenvalue weighted by Crippen LogP contribution is 2.20. The Bertz CT molecular complexity index is 408. The number of rotatable bonds is 4. The number of hydrogen-bond acceptors (Lipinski definition) is 4. The Labute approximate surface area is 114 Å². The molecule has 1 fully saturated rings. The van der Waals surface area contributed by atoms with Crippen LogP contribution in [0, 0.1) is 5.92 Å². The van der Waals surface area contributed by atoms with Crippen molar-refractivity contribution in [3.8, 4) is 5.75 Å². The Morgan fingerprint density at radius 3 is 2.37 bits per heavy atom. The second-order valence-corrected chi connectivity index (χ2v) is 4.92. The first kappa shape index (κ1) is 13.9. The SMILES string of the molecule is COC(=O)C1CCN(Cc2ccc(OC)cc2)CC1. The molecule has 1 aromatic carbocycles. The molecule has 1 aromatic rings. The van der Waals surface area contributed by atoms with Crippen molar-refractivity contribution in [3.05, 3.63) is 29.8 Å². The third-order valence-corrected chi connectivity index (χ3v) is 3.69. The van der Waals surface area contributed by atoms with Crippen LogP contribution in [-0.2, 0) is 16.1 Å². The van der Waals surface area contributed by atoms with Crippen LogP contribution in [0.2, 0.25) is 0 Å². The zero-order valence-electron chi connectivity index (χ0n) is 11.6. The third-order valence-electron chi connectivity index (χ3n) is 3.69. The quantitative estimate of drug-likeness (QED) is 0.780. The number of piperidine rings is 1. The van der Waals surface area contributed by atoms with Crippen LogP contribution in [0.1, 0.15) is 18.4 Å². The van der Waals surface area contributed by atoms with Crippen LogP contribution in [0.3, 0.4) is 0 Å². The molecule has 0 amide bonds. The molecule has 1 heterocycles. The first-order chi connectivity index (χ1) is 9.22. The van der Waals surface area contributed by atoms with Gasteiger partial charge in [-0.3, -0.25) is 9.69 Å². The van der Waals surface area contributed by atoms with Gasteiger partial charge in [0.2, 0.25) is 0 Å². The van der Waals surface area contributed by atoms with E-state index < -0.39 is 0 Å². The van der Waals surface area contributed by atoms with Crippen LogP contribution in [-0.4, -0.2) is 38.2 Å². The molecular formula is C15H21NO3. The second-order valence-electron chi connectivity index (χ2n) is 4.92. The molecule has 0 unspecified atom stereocenters. The Balaban J connectivity index is 1.83. The molecule has 1 aliphatic heterocycles. The van der Waals surface area contributed by atoms with Crippen molar-refractivity contribution in [2.24, 2.45) is 5.92 Å². The number of esters is 1. The Morgan fingerprint density at radius 1 is 1.21 bits per heavy atom. The zero-order valence-corrected chi connectivity index (χ0v) is 11.6. The molecule has 1 aliphatic rings. The van der Waals surface area contributed by atoms with Gasteiger partial charge in [-0.15, -0.1) is 0 Å². The summed E-state index contributed by atoms with van der Waals surface area (Å²) in [6, 6.07) is 8.14. The zero-order chi connectivity index (χ0) is 13.7. The molecule has 0 aliphatic carbocycles. The van der Waals surface area contributed by atoms with E-state index in [9.17, 15) is 4.79 Å². The average Bonchev–Trinajstić information content (AvgIpc) is 2.48. The normalized spacial score (nSPS) is 17.2. The predicted octanol–water partition coefficient (Wildman–Crippen LogP) is 2.08. The number of likely N-dealkylation sites (tertiary alicyclic amines) is 1. The third kappa shape index (κ3) is 3.70. The number of hydrogen-bond donors (Lipinski definition) is 0.